The standard InChI is InChI=1S/C8H14N2O/c1-5-3-7(6(2)10-5)8(9)4-11/h3,8,10-11H,4,9H2,1-2H3. The zero-order valence-corrected chi connectivity index (χ0v) is 6.89. The number of aromatic amines is 1. The molecule has 0 amide bonds. The molecule has 11 heavy (non-hydrogen) atoms. The van der Waals surface area contributed by atoms with Crippen LogP contribution < -0.4 is 5.73 Å². The van der Waals surface area contributed by atoms with E-state index in [0.29, 0.717) is 0 Å². The molecule has 0 saturated heterocycles. The molecule has 4 N–H and O–H groups in total. The van der Waals surface area contributed by atoms with Gasteiger partial charge in [-0.1, -0.05) is 0 Å². The molecule has 62 valence electrons. The van der Waals surface area contributed by atoms with E-state index in [1.54, 1.807) is 0 Å². The van der Waals surface area contributed by atoms with Crippen molar-refractivity contribution in [2.45, 2.75) is 19.9 Å². The quantitative estimate of drug-likeness (QED) is 0.585. The topological polar surface area (TPSA) is 62.0 Å². The highest BCUT2D eigenvalue weighted by Crippen LogP contribution is 2.15. The van der Waals surface area contributed by atoms with Gasteiger partial charge in [-0.15, -0.1) is 0 Å². The van der Waals surface area contributed by atoms with Crippen LogP contribution in [0.2, 0.25) is 0 Å². The van der Waals surface area contributed by atoms with Crippen molar-refractivity contribution in [3.05, 3.63) is 23.0 Å². The molecule has 0 radical (unpaired) electrons. The van der Waals surface area contributed by atoms with Gasteiger partial charge < -0.3 is 15.8 Å². The van der Waals surface area contributed by atoms with Gasteiger partial charge in [-0.3, -0.25) is 0 Å². The fourth-order valence-corrected chi connectivity index (χ4v) is 1.23. The largest absolute Gasteiger partial charge is 0.394 e. The Morgan fingerprint density at radius 3 is 2.64 bits per heavy atom. The van der Waals surface area contributed by atoms with Crippen molar-refractivity contribution in [1.82, 2.24) is 4.98 Å². The van der Waals surface area contributed by atoms with E-state index in [1.807, 2.05) is 19.9 Å². The minimum absolute atomic E-state index is 0.00185. The molecule has 1 unspecified atom stereocenters. The lowest BCUT2D eigenvalue weighted by atomic mass is 10.1. The summed E-state index contributed by atoms with van der Waals surface area (Å²) in [5, 5.41) is 8.78. The van der Waals surface area contributed by atoms with Gasteiger partial charge in [-0.2, -0.15) is 0 Å². The number of aryl methyl sites for hydroxylation is 2. The summed E-state index contributed by atoms with van der Waals surface area (Å²) in [4.78, 5) is 3.13. The average Bonchev–Trinajstić information content (AvgIpc) is 2.28. The van der Waals surface area contributed by atoms with Gasteiger partial charge >= 0.3 is 0 Å². The van der Waals surface area contributed by atoms with Crippen molar-refractivity contribution in [1.29, 1.82) is 0 Å². The SMILES string of the molecule is Cc1cc(C(N)CO)c(C)[nH]1. The highest BCUT2D eigenvalue weighted by Gasteiger charge is 2.08. The number of nitrogens with one attached hydrogen (secondary N) is 1. The number of aliphatic hydroxyl groups excluding tert-OH is 1. The second-order valence-corrected chi connectivity index (χ2v) is 2.82. The molecular weight excluding hydrogens is 140 g/mol. The first-order valence-corrected chi connectivity index (χ1v) is 3.67. The summed E-state index contributed by atoms with van der Waals surface area (Å²) in [7, 11) is 0. The Balaban J connectivity index is 2.93. The third kappa shape index (κ3) is 1.61. The number of rotatable bonds is 2. The molecule has 1 aromatic heterocycles. The third-order valence-electron chi connectivity index (χ3n) is 1.79. The number of hydrogen-bond donors (Lipinski definition) is 3. The van der Waals surface area contributed by atoms with E-state index in [1.165, 1.54) is 0 Å². The number of nitrogens with two attached hydrogens (primary N) is 1. The Morgan fingerprint density at radius 2 is 2.27 bits per heavy atom. The number of hydrogen-bond acceptors (Lipinski definition) is 2. The summed E-state index contributed by atoms with van der Waals surface area (Å²) in [6.07, 6.45) is 0. The van der Waals surface area contributed by atoms with Gasteiger partial charge in [0.1, 0.15) is 0 Å². The molecular formula is C8H14N2O. The minimum atomic E-state index is -0.250. The first-order valence-electron chi connectivity index (χ1n) is 3.67. The predicted molar refractivity (Wildman–Crippen MR) is 44.3 cm³/mol. The molecule has 0 bridgehead atoms. The third-order valence-corrected chi connectivity index (χ3v) is 1.79. The number of H-pyrrole nitrogens is 1. The van der Waals surface area contributed by atoms with Gasteiger partial charge in [-0.05, 0) is 25.5 Å². The first kappa shape index (κ1) is 8.30. The van der Waals surface area contributed by atoms with Crippen molar-refractivity contribution in [2.75, 3.05) is 6.61 Å². The lowest BCUT2D eigenvalue weighted by molar-refractivity contribution is 0.267. The molecule has 0 fully saturated rings. The van der Waals surface area contributed by atoms with Crippen LogP contribution in [-0.2, 0) is 0 Å². The molecule has 0 saturated carbocycles. The molecule has 3 nitrogen and oxygen atoms in total. The summed E-state index contributed by atoms with van der Waals surface area (Å²) in [5.74, 6) is 0. The molecule has 1 aromatic rings. The molecule has 1 atom stereocenters. The molecule has 1 rings (SSSR count). The van der Waals surface area contributed by atoms with Gasteiger partial charge in [0, 0.05) is 11.4 Å². The van der Waals surface area contributed by atoms with E-state index in [9.17, 15) is 0 Å². The number of aliphatic hydroxyl groups is 1. The van der Waals surface area contributed by atoms with Crippen LogP contribution in [0.3, 0.4) is 0 Å². The molecule has 0 aromatic carbocycles. The molecule has 0 aliphatic heterocycles. The molecule has 0 aliphatic carbocycles. The fourth-order valence-electron chi connectivity index (χ4n) is 1.23. The summed E-state index contributed by atoms with van der Waals surface area (Å²) in [6, 6.07) is 1.72. The van der Waals surface area contributed by atoms with Gasteiger partial charge in [0.25, 0.3) is 0 Å². The lowest BCUT2D eigenvalue weighted by Crippen LogP contribution is -2.14. The van der Waals surface area contributed by atoms with Crippen LogP contribution >= 0.6 is 0 Å². The van der Waals surface area contributed by atoms with Gasteiger partial charge in [0.2, 0.25) is 0 Å². The van der Waals surface area contributed by atoms with E-state index in [4.69, 9.17) is 10.8 Å². The van der Waals surface area contributed by atoms with Crippen molar-refractivity contribution in [2.24, 2.45) is 5.73 Å². The Bertz CT molecular complexity index is 242. The highest BCUT2D eigenvalue weighted by molar-refractivity contribution is 5.27. The first-order chi connectivity index (χ1) is 5.15. The van der Waals surface area contributed by atoms with Crippen LogP contribution in [-0.4, -0.2) is 16.7 Å². The maximum Gasteiger partial charge on any atom is 0.0625 e. The molecule has 0 aliphatic rings. The fraction of sp³-hybridized carbons (Fsp3) is 0.500. The van der Waals surface area contributed by atoms with Crippen molar-refractivity contribution in [3.63, 3.8) is 0 Å². The predicted octanol–water partition coefficient (Wildman–Crippen LogP) is 0.624. The van der Waals surface area contributed by atoms with E-state index in [2.05, 4.69) is 4.98 Å². The summed E-state index contributed by atoms with van der Waals surface area (Å²) >= 11 is 0. The Hall–Kier alpha value is -0.800. The number of aromatic nitrogens is 1. The summed E-state index contributed by atoms with van der Waals surface area (Å²) in [5.41, 5.74) is 8.77. The van der Waals surface area contributed by atoms with E-state index >= 15 is 0 Å². The molecule has 3 heteroatoms. The van der Waals surface area contributed by atoms with Gasteiger partial charge in [0.05, 0.1) is 12.6 Å². The van der Waals surface area contributed by atoms with Crippen molar-refractivity contribution in [3.8, 4) is 0 Å². The highest BCUT2D eigenvalue weighted by atomic mass is 16.3. The van der Waals surface area contributed by atoms with E-state index < -0.39 is 0 Å². The minimum Gasteiger partial charge on any atom is -0.394 e. The summed E-state index contributed by atoms with van der Waals surface area (Å²) in [6.45, 7) is 3.93. The monoisotopic (exact) mass is 154 g/mol. The molecule has 0 spiro atoms. The van der Waals surface area contributed by atoms with Crippen LogP contribution in [0.15, 0.2) is 6.07 Å². The maximum atomic E-state index is 8.78. The van der Waals surface area contributed by atoms with Crippen LogP contribution in [0.5, 0.6) is 0 Å². The van der Waals surface area contributed by atoms with Crippen molar-refractivity contribution >= 4 is 0 Å². The van der Waals surface area contributed by atoms with Crippen molar-refractivity contribution < 1.29 is 5.11 Å². The smallest absolute Gasteiger partial charge is 0.0625 e. The zero-order chi connectivity index (χ0) is 8.43. The lowest BCUT2D eigenvalue weighted by Gasteiger charge is -2.05. The van der Waals surface area contributed by atoms with Gasteiger partial charge in [0.15, 0.2) is 0 Å². The summed E-state index contributed by atoms with van der Waals surface area (Å²) < 4.78 is 0. The van der Waals surface area contributed by atoms with Crippen LogP contribution in [0.25, 0.3) is 0 Å². The second kappa shape index (κ2) is 3.07. The normalized spacial score (nSPS) is 13.5. The molecule has 1 heterocycles. The maximum absolute atomic E-state index is 8.78. The second-order valence-electron chi connectivity index (χ2n) is 2.82. The average molecular weight is 154 g/mol. The zero-order valence-electron chi connectivity index (χ0n) is 6.89. The van der Waals surface area contributed by atoms with Crippen LogP contribution in [0.4, 0.5) is 0 Å². The Kier molecular flexibility index (Phi) is 2.31. The van der Waals surface area contributed by atoms with E-state index in [0.717, 1.165) is 17.0 Å². The Labute approximate surface area is 66.2 Å². The van der Waals surface area contributed by atoms with E-state index in [-0.39, 0.29) is 12.6 Å². The van der Waals surface area contributed by atoms with Crippen LogP contribution in [0.1, 0.15) is 23.0 Å². The van der Waals surface area contributed by atoms with Crippen LogP contribution in [0, 0.1) is 13.8 Å². The van der Waals surface area contributed by atoms with Gasteiger partial charge in [-0.25, -0.2) is 0 Å². The Morgan fingerprint density at radius 1 is 1.64 bits per heavy atom.